The summed E-state index contributed by atoms with van der Waals surface area (Å²) in [5.74, 6) is 0.788. The molecule has 2 unspecified atom stereocenters. The number of likely N-dealkylation sites (tertiary alicyclic amines) is 1. The molecular formula is C21H19N3O2. The van der Waals surface area contributed by atoms with Crippen molar-refractivity contribution in [3.05, 3.63) is 66.4 Å². The van der Waals surface area contributed by atoms with Crippen LogP contribution in [-0.4, -0.2) is 34.5 Å². The quantitative estimate of drug-likeness (QED) is 0.775. The highest BCUT2D eigenvalue weighted by atomic mass is 16.5. The van der Waals surface area contributed by atoms with Crippen LogP contribution in [0.1, 0.15) is 12.0 Å². The predicted molar refractivity (Wildman–Crippen MR) is 100 cm³/mol. The van der Waals surface area contributed by atoms with Gasteiger partial charge >= 0.3 is 0 Å². The monoisotopic (exact) mass is 345 g/mol. The third-order valence-electron chi connectivity index (χ3n) is 5.14. The molecule has 5 nitrogen and oxygen atoms in total. The second-order valence-electron chi connectivity index (χ2n) is 6.94. The van der Waals surface area contributed by atoms with Crippen molar-refractivity contribution in [2.24, 2.45) is 0 Å². The maximum Gasteiger partial charge on any atom is 0.241 e. The van der Waals surface area contributed by atoms with E-state index in [0.29, 0.717) is 13.0 Å². The Bertz CT molecular complexity index is 988. The molecule has 1 saturated heterocycles. The van der Waals surface area contributed by atoms with Gasteiger partial charge in [-0.2, -0.15) is 0 Å². The van der Waals surface area contributed by atoms with E-state index >= 15 is 0 Å². The molecule has 0 aliphatic carbocycles. The summed E-state index contributed by atoms with van der Waals surface area (Å²) in [5, 5.41) is 4.13. The van der Waals surface area contributed by atoms with Crippen LogP contribution in [0, 0.1) is 0 Å². The minimum atomic E-state index is -0.181. The van der Waals surface area contributed by atoms with Gasteiger partial charge in [-0.25, -0.2) is 0 Å². The SMILES string of the molecule is O=C1Nc2ccccc2OC2CC1N(Cc1cnc3ccccc3c1)C2. The van der Waals surface area contributed by atoms with Crippen LogP contribution < -0.4 is 10.1 Å². The topological polar surface area (TPSA) is 54.5 Å². The number of rotatable bonds is 2. The lowest BCUT2D eigenvalue weighted by atomic mass is 10.1. The molecule has 2 aliphatic rings. The predicted octanol–water partition coefficient (Wildman–Crippen LogP) is 3.21. The number of hydrogen-bond acceptors (Lipinski definition) is 4. The van der Waals surface area contributed by atoms with E-state index < -0.39 is 0 Å². The smallest absolute Gasteiger partial charge is 0.241 e. The van der Waals surface area contributed by atoms with Gasteiger partial charge in [-0.3, -0.25) is 14.7 Å². The Morgan fingerprint density at radius 2 is 2.00 bits per heavy atom. The summed E-state index contributed by atoms with van der Waals surface area (Å²) in [4.78, 5) is 19.5. The maximum atomic E-state index is 12.8. The van der Waals surface area contributed by atoms with Crippen LogP contribution in [0.5, 0.6) is 5.75 Å². The summed E-state index contributed by atoms with van der Waals surface area (Å²) < 4.78 is 6.14. The van der Waals surface area contributed by atoms with E-state index in [9.17, 15) is 4.79 Å². The van der Waals surface area contributed by atoms with Crippen molar-refractivity contribution in [1.82, 2.24) is 9.88 Å². The largest absolute Gasteiger partial charge is 0.487 e. The molecule has 2 atom stereocenters. The average Bonchev–Trinajstić information content (AvgIpc) is 3.06. The Hall–Kier alpha value is -2.92. The van der Waals surface area contributed by atoms with E-state index in [1.54, 1.807) is 0 Å². The number of carbonyl (C=O) groups excluding carboxylic acids is 1. The van der Waals surface area contributed by atoms with E-state index in [1.807, 2.05) is 48.7 Å². The number of carbonyl (C=O) groups is 1. The number of benzene rings is 2. The highest BCUT2D eigenvalue weighted by Crippen LogP contribution is 2.33. The van der Waals surface area contributed by atoms with Crippen molar-refractivity contribution in [3.8, 4) is 5.75 Å². The minimum Gasteiger partial charge on any atom is -0.487 e. The molecule has 2 aromatic carbocycles. The van der Waals surface area contributed by atoms with Crippen molar-refractivity contribution in [3.63, 3.8) is 0 Å². The lowest BCUT2D eigenvalue weighted by Gasteiger charge is -2.23. The number of pyridine rings is 1. The van der Waals surface area contributed by atoms with E-state index in [1.165, 1.54) is 0 Å². The Balaban J connectivity index is 1.41. The van der Waals surface area contributed by atoms with Gasteiger partial charge in [0.1, 0.15) is 11.9 Å². The third-order valence-corrected chi connectivity index (χ3v) is 5.14. The zero-order chi connectivity index (χ0) is 17.5. The number of para-hydroxylation sites is 3. The van der Waals surface area contributed by atoms with Crippen LogP contribution in [0.3, 0.4) is 0 Å². The molecule has 3 heterocycles. The van der Waals surface area contributed by atoms with Crippen molar-refractivity contribution in [2.45, 2.75) is 25.1 Å². The van der Waals surface area contributed by atoms with Gasteiger partial charge in [0.25, 0.3) is 0 Å². The number of nitrogens with zero attached hydrogens (tertiary/aromatic N) is 2. The Labute approximate surface area is 151 Å². The number of hydrogen-bond donors (Lipinski definition) is 1. The van der Waals surface area contributed by atoms with Crippen LogP contribution >= 0.6 is 0 Å². The minimum absolute atomic E-state index is 0.0283. The van der Waals surface area contributed by atoms with Gasteiger partial charge in [-0.05, 0) is 29.8 Å². The summed E-state index contributed by atoms with van der Waals surface area (Å²) >= 11 is 0. The van der Waals surface area contributed by atoms with E-state index in [4.69, 9.17) is 4.74 Å². The van der Waals surface area contributed by atoms with E-state index in [2.05, 4.69) is 27.3 Å². The third kappa shape index (κ3) is 2.70. The lowest BCUT2D eigenvalue weighted by Crippen LogP contribution is -2.39. The normalized spacial score (nSPS) is 22.2. The second kappa shape index (κ2) is 6.11. The van der Waals surface area contributed by atoms with Crippen molar-refractivity contribution >= 4 is 22.5 Å². The van der Waals surface area contributed by atoms with Crippen LogP contribution in [-0.2, 0) is 11.3 Å². The summed E-state index contributed by atoms with van der Waals surface area (Å²) in [5.41, 5.74) is 2.85. The number of nitrogens with one attached hydrogen (secondary N) is 1. The summed E-state index contributed by atoms with van der Waals surface area (Å²) in [6.45, 7) is 1.42. The number of ether oxygens (including phenoxy) is 1. The Kier molecular flexibility index (Phi) is 3.60. The van der Waals surface area contributed by atoms with Gasteiger partial charge in [0.2, 0.25) is 5.91 Å². The Morgan fingerprint density at radius 3 is 2.96 bits per heavy atom. The molecule has 130 valence electrons. The lowest BCUT2D eigenvalue weighted by molar-refractivity contribution is -0.120. The fourth-order valence-electron chi connectivity index (χ4n) is 3.90. The molecule has 1 N–H and O–H groups in total. The number of aromatic nitrogens is 1. The molecule has 0 saturated carbocycles. The molecule has 2 aliphatic heterocycles. The Morgan fingerprint density at radius 1 is 1.15 bits per heavy atom. The molecule has 0 spiro atoms. The molecule has 1 aromatic heterocycles. The van der Waals surface area contributed by atoms with E-state index in [-0.39, 0.29) is 18.1 Å². The molecule has 1 fully saturated rings. The first kappa shape index (κ1) is 15.3. The summed E-state index contributed by atoms with van der Waals surface area (Å²) in [6.07, 6.45) is 2.64. The number of anilines is 1. The van der Waals surface area contributed by atoms with Gasteiger partial charge in [-0.15, -0.1) is 0 Å². The first-order valence-electron chi connectivity index (χ1n) is 8.90. The number of fused-ring (bicyclic) bond motifs is 4. The maximum absolute atomic E-state index is 12.8. The zero-order valence-corrected chi connectivity index (χ0v) is 14.3. The molecule has 2 bridgehead atoms. The first-order valence-corrected chi connectivity index (χ1v) is 8.90. The van der Waals surface area contributed by atoms with Crippen molar-refractivity contribution in [1.29, 1.82) is 0 Å². The number of amides is 1. The molecule has 3 aromatic rings. The second-order valence-corrected chi connectivity index (χ2v) is 6.94. The molecule has 5 heteroatoms. The van der Waals surface area contributed by atoms with Crippen molar-refractivity contribution < 1.29 is 9.53 Å². The van der Waals surface area contributed by atoms with Gasteiger partial charge in [0, 0.05) is 31.1 Å². The van der Waals surface area contributed by atoms with Gasteiger partial charge in [0.05, 0.1) is 17.2 Å². The molecule has 26 heavy (non-hydrogen) atoms. The van der Waals surface area contributed by atoms with Crippen LogP contribution in [0.15, 0.2) is 60.8 Å². The van der Waals surface area contributed by atoms with Gasteiger partial charge < -0.3 is 10.1 Å². The standard InChI is InChI=1S/C21H19N3O2/c25-21-19-10-16(26-20-8-4-3-7-18(20)23-21)13-24(19)12-14-9-15-5-1-2-6-17(15)22-11-14/h1-9,11,16,19H,10,12-13H2,(H,23,25). The molecular weight excluding hydrogens is 326 g/mol. The zero-order valence-electron chi connectivity index (χ0n) is 14.3. The first-order chi connectivity index (χ1) is 12.8. The van der Waals surface area contributed by atoms with Crippen LogP contribution in [0.25, 0.3) is 10.9 Å². The average molecular weight is 345 g/mol. The molecule has 5 rings (SSSR count). The molecule has 0 radical (unpaired) electrons. The fourth-order valence-corrected chi connectivity index (χ4v) is 3.90. The van der Waals surface area contributed by atoms with Crippen LogP contribution in [0.4, 0.5) is 5.69 Å². The van der Waals surface area contributed by atoms with E-state index in [0.717, 1.165) is 34.4 Å². The molecule has 1 amide bonds. The van der Waals surface area contributed by atoms with Crippen molar-refractivity contribution in [2.75, 3.05) is 11.9 Å². The highest BCUT2D eigenvalue weighted by Gasteiger charge is 2.39. The fraction of sp³-hybridized carbons (Fsp3) is 0.238. The van der Waals surface area contributed by atoms with Gasteiger partial charge in [0.15, 0.2) is 0 Å². The summed E-state index contributed by atoms with van der Waals surface area (Å²) in [6, 6.07) is 17.7. The van der Waals surface area contributed by atoms with Gasteiger partial charge in [-0.1, -0.05) is 30.3 Å². The summed E-state index contributed by atoms with van der Waals surface area (Å²) in [7, 11) is 0. The highest BCUT2D eigenvalue weighted by molar-refractivity contribution is 5.96. The van der Waals surface area contributed by atoms with Crippen LogP contribution in [0.2, 0.25) is 0 Å².